The van der Waals surface area contributed by atoms with Crippen LogP contribution in [0.1, 0.15) is 0 Å². The first-order chi connectivity index (χ1) is 5.47. The monoisotopic (exact) mass is 198 g/mol. The van der Waals surface area contributed by atoms with E-state index in [0.29, 0.717) is 0 Å². The van der Waals surface area contributed by atoms with Gasteiger partial charge in [-0.25, -0.2) is 9.11 Å². The molecule has 1 heterocycles. The van der Waals surface area contributed by atoms with Crippen LogP contribution in [0.5, 0.6) is 0 Å². The molecule has 0 spiro atoms. The third kappa shape index (κ3) is 1.74. The number of nitrogens with zero attached hydrogens (tertiary/aromatic N) is 1. The molecule has 72 valence electrons. The van der Waals surface area contributed by atoms with E-state index in [1.165, 1.54) is 7.05 Å². The lowest BCUT2D eigenvalue weighted by molar-refractivity contribution is 0.117. The number of β-amino-alcohol motifs (C(OH)–C–C–N with tert-alkyl or cyclic N) is 1. The molecule has 2 atom stereocenters. The van der Waals surface area contributed by atoms with Crippen molar-refractivity contribution in [1.29, 1.82) is 0 Å². The summed E-state index contributed by atoms with van der Waals surface area (Å²) < 4.78 is 37.6. The molecule has 0 bridgehead atoms. The largest absolute Gasteiger partial charge is 0.389 e. The Hall–Kier alpha value is -0.240. The first kappa shape index (κ1) is 9.85. The Morgan fingerprint density at radius 1 is 1.58 bits per heavy atom. The lowest BCUT2D eigenvalue weighted by atomic mass is 10.3. The van der Waals surface area contributed by atoms with Gasteiger partial charge in [0.1, 0.15) is 12.3 Å². The van der Waals surface area contributed by atoms with Crippen molar-refractivity contribution in [3.63, 3.8) is 0 Å². The van der Waals surface area contributed by atoms with E-state index in [4.69, 9.17) is 5.11 Å². The molecule has 5 nitrogen and oxygen atoms in total. The summed E-state index contributed by atoms with van der Waals surface area (Å²) >= 11 is 0. The second kappa shape index (κ2) is 3.25. The van der Waals surface area contributed by atoms with Crippen molar-refractivity contribution in [2.75, 3.05) is 20.1 Å². The second-order valence-electron chi connectivity index (χ2n) is 2.61. The lowest BCUT2D eigenvalue weighted by Gasteiger charge is -2.13. The van der Waals surface area contributed by atoms with Crippen molar-refractivity contribution in [3.05, 3.63) is 0 Å². The molecule has 0 aromatic carbocycles. The molecule has 1 aliphatic rings. The van der Waals surface area contributed by atoms with E-state index in [2.05, 4.69) is 0 Å². The van der Waals surface area contributed by atoms with Gasteiger partial charge in [0, 0.05) is 20.1 Å². The minimum atomic E-state index is -3.58. The van der Waals surface area contributed by atoms with Crippen molar-refractivity contribution in [2.45, 2.75) is 12.3 Å². The third-order valence-electron chi connectivity index (χ3n) is 1.78. The van der Waals surface area contributed by atoms with E-state index in [9.17, 15) is 12.8 Å². The van der Waals surface area contributed by atoms with Crippen LogP contribution in [-0.2, 0) is 10.2 Å². The second-order valence-corrected chi connectivity index (χ2v) is 4.48. The Balaban J connectivity index is 2.70. The minimum Gasteiger partial charge on any atom is -0.389 e. The van der Waals surface area contributed by atoms with Crippen LogP contribution in [0.4, 0.5) is 4.39 Å². The van der Waals surface area contributed by atoms with E-state index < -0.39 is 22.5 Å². The van der Waals surface area contributed by atoms with Crippen LogP contribution in [0.2, 0.25) is 0 Å². The van der Waals surface area contributed by atoms with Crippen LogP contribution >= 0.6 is 0 Å². The molecule has 0 aliphatic carbocycles. The van der Waals surface area contributed by atoms with Gasteiger partial charge in [-0.15, -0.1) is 0 Å². The SMILES string of the molecule is CNS(=O)(=O)N1C[C@H](O)[C@@H](F)C1. The summed E-state index contributed by atoms with van der Waals surface area (Å²) in [5.41, 5.74) is 0. The molecule has 0 saturated carbocycles. The van der Waals surface area contributed by atoms with E-state index >= 15 is 0 Å². The molecule has 1 fully saturated rings. The van der Waals surface area contributed by atoms with E-state index in [0.717, 1.165) is 4.31 Å². The molecule has 0 unspecified atom stereocenters. The molecule has 0 amide bonds. The Morgan fingerprint density at radius 3 is 2.50 bits per heavy atom. The molecule has 12 heavy (non-hydrogen) atoms. The van der Waals surface area contributed by atoms with E-state index in [1.807, 2.05) is 4.72 Å². The highest BCUT2D eigenvalue weighted by Crippen LogP contribution is 2.15. The summed E-state index contributed by atoms with van der Waals surface area (Å²) in [6.07, 6.45) is -2.68. The molecular formula is C5H11FN2O3S. The van der Waals surface area contributed by atoms with Crippen molar-refractivity contribution in [3.8, 4) is 0 Å². The maximum absolute atomic E-state index is 12.6. The van der Waals surface area contributed by atoms with E-state index in [-0.39, 0.29) is 13.1 Å². The lowest BCUT2D eigenvalue weighted by Crippen LogP contribution is -2.37. The number of aliphatic hydroxyl groups excluding tert-OH is 1. The summed E-state index contributed by atoms with van der Waals surface area (Å²) in [5, 5.41) is 8.92. The number of halogens is 1. The van der Waals surface area contributed by atoms with Gasteiger partial charge in [-0.05, 0) is 0 Å². The number of rotatable bonds is 2. The highest BCUT2D eigenvalue weighted by atomic mass is 32.2. The summed E-state index contributed by atoms with van der Waals surface area (Å²) in [6, 6.07) is 0. The van der Waals surface area contributed by atoms with Gasteiger partial charge < -0.3 is 5.11 Å². The zero-order valence-corrected chi connectivity index (χ0v) is 7.38. The van der Waals surface area contributed by atoms with Crippen LogP contribution in [-0.4, -0.2) is 50.2 Å². The quantitative estimate of drug-likeness (QED) is 0.565. The van der Waals surface area contributed by atoms with E-state index in [1.54, 1.807) is 0 Å². The topological polar surface area (TPSA) is 69.6 Å². The van der Waals surface area contributed by atoms with Gasteiger partial charge in [0.05, 0.1) is 0 Å². The Morgan fingerprint density at radius 2 is 2.17 bits per heavy atom. The standard InChI is InChI=1S/C5H11FN2O3S/c1-7-12(10,11)8-2-4(6)5(9)3-8/h4-5,7,9H,2-3H2,1H3/t4-,5-/m0/s1. The maximum Gasteiger partial charge on any atom is 0.279 e. The van der Waals surface area contributed by atoms with Crippen molar-refractivity contribution in [2.24, 2.45) is 0 Å². The molecule has 0 aromatic rings. The van der Waals surface area contributed by atoms with Crippen LogP contribution in [0.15, 0.2) is 0 Å². The number of nitrogens with one attached hydrogen (secondary N) is 1. The Kier molecular flexibility index (Phi) is 2.67. The highest BCUT2D eigenvalue weighted by Gasteiger charge is 2.37. The number of hydrogen-bond donors (Lipinski definition) is 2. The van der Waals surface area contributed by atoms with Gasteiger partial charge >= 0.3 is 0 Å². The molecular weight excluding hydrogens is 187 g/mol. The first-order valence-electron chi connectivity index (χ1n) is 3.48. The van der Waals surface area contributed by atoms with Gasteiger partial charge in [-0.2, -0.15) is 12.7 Å². The zero-order valence-electron chi connectivity index (χ0n) is 6.57. The molecule has 1 rings (SSSR count). The molecule has 0 radical (unpaired) electrons. The number of hydrogen-bond acceptors (Lipinski definition) is 3. The Labute approximate surface area is 70.4 Å². The van der Waals surface area contributed by atoms with Gasteiger partial charge in [-0.1, -0.05) is 0 Å². The van der Waals surface area contributed by atoms with Crippen molar-refractivity contribution in [1.82, 2.24) is 9.03 Å². The number of alkyl halides is 1. The maximum atomic E-state index is 12.6. The van der Waals surface area contributed by atoms with Crippen molar-refractivity contribution < 1.29 is 17.9 Å². The van der Waals surface area contributed by atoms with Crippen LogP contribution in [0.25, 0.3) is 0 Å². The third-order valence-corrected chi connectivity index (χ3v) is 3.28. The fourth-order valence-corrected chi connectivity index (χ4v) is 1.98. The van der Waals surface area contributed by atoms with Crippen LogP contribution < -0.4 is 4.72 Å². The van der Waals surface area contributed by atoms with Gasteiger partial charge in [0.15, 0.2) is 0 Å². The first-order valence-corrected chi connectivity index (χ1v) is 4.92. The molecule has 2 N–H and O–H groups in total. The summed E-state index contributed by atoms with van der Waals surface area (Å²) in [7, 11) is -2.34. The summed E-state index contributed by atoms with van der Waals surface area (Å²) in [4.78, 5) is 0. The van der Waals surface area contributed by atoms with Crippen LogP contribution in [0.3, 0.4) is 0 Å². The number of aliphatic hydroxyl groups is 1. The van der Waals surface area contributed by atoms with Gasteiger partial charge in [0.2, 0.25) is 0 Å². The fourth-order valence-electron chi connectivity index (χ4n) is 1.04. The van der Waals surface area contributed by atoms with Gasteiger partial charge in [0.25, 0.3) is 10.2 Å². The Bertz CT molecular complexity index is 245. The normalized spacial score (nSPS) is 32.6. The highest BCUT2D eigenvalue weighted by molar-refractivity contribution is 7.87. The smallest absolute Gasteiger partial charge is 0.279 e. The molecule has 1 aliphatic heterocycles. The fraction of sp³-hybridized carbons (Fsp3) is 1.00. The molecule has 0 aromatic heterocycles. The predicted molar refractivity (Wildman–Crippen MR) is 40.5 cm³/mol. The molecule has 1 saturated heterocycles. The minimum absolute atomic E-state index is 0.176. The van der Waals surface area contributed by atoms with Crippen LogP contribution in [0, 0.1) is 0 Å². The average molecular weight is 198 g/mol. The summed E-state index contributed by atoms with van der Waals surface area (Å²) in [5.74, 6) is 0. The summed E-state index contributed by atoms with van der Waals surface area (Å²) in [6.45, 7) is -0.450. The predicted octanol–water partition coefficient (Wildman–Crippen LogP) is -1.53. The van der Waals surface area contributed by atoms with Crippen molar-refractivity contribution >= 4 is 10.2 Å². The zero-order chi connectivity index (χ0) is 9.35. The average Bonchev–Trinajstić information content (AvgIpc) is 2.33. The van der Waals surface area contributed by atoms with Gasteiger partial charge in [-0.3, -0.25) is 0 Å². The molecule has 7 heteroatoms.